The normalized spacial score (nSPS) is 12.1. The molecule has 0 heterocycles. The minimum atomic E-state index is -0.244. The van der Waals surface area contributed by atoms with Crippen LogP contribution in [-0.4, -0.2) is 97.1 Å². The molecule has 4 rings (SSSR count). The van der Waals surface area contributed by atoms with Crippen LogP contribution in [0.25, 0.3) is 0 Å². The molecule has 94 heavy (non-hydrogen) atoms. The maximum Gasteiger partial charge on any atom is 2.00 e. The Hall–Kier alpha value is -4.39. The average Bonchev–Trinajstić information content (AvgIpc) is 0.804. The van der Waals surface area contributed by atoms with Crippen LogP contribution < -0.4 is 20.4 Å². The van der Waals surface area contributed by atoms with Gasteiger partial charge in [0.2, 0.25) is 0 Å². The van der Waals surface area contributed by atoms with E-state index in [2.05, 4.69) is 262 Å². The van der Waals surface area contributed by atoms with Gasteiger partial charge in [-0.25, -0.2) is 0 Å². The third-order valence-electron chi connectivity index (χ3n) is 14.7. The van der Waals surface area contributed by atoms with Gasteiger partial charge in [-0.15, -0.1) is 23.0 Å². The van der Waals surface area contributed by atoms with Crippen molar-refractivity contribution in [1.29, 1.82) is 0 Å². The van der Waals surface area contributed by atoms with Crippen molar-refractivity contribution >= 4 is 23.1 Å². The number of benzene rings is 4. The smallest absolute Gasteiger partial charge is 0.872 e. The van der Waals surface area contributed by atoms with Crippen molar-refractivity contribution < 1.29 is 73.2 Å². The predicted molar refractivity (Wildman–Crippen MR) is 384 cm³/mol. The molecule has 12 nitrogen and oxygen atoms in total. The van der Waals surface area contributed by atoms with Crippen LogP contribution in [0.5, 0.6) is 23.0 Å². The molecule has 0 fully saturated rings. The summed E-state index contributed by atoms with van der Waals surface area (Å²) < 4.78 is 0. The number of hydrogen-bond acceptors (Lipinski definition) is 12. The van der Waals surface area contributed by atoms with Crippen LogP contribution in [-0.2, 0) is 122 Å². The number of carbonyl (C=O) groups is 4. The van der Waals surface area contributed by atoms with Gasteiger partial charge in [-0.1, -0.05) is 215 Å². The molecule has 0 bridgehead atoms. The zero-order valence-corrected chi connectivity index (χ0v) is 68.1. The van der Waals surface area contributed by atoms with Gasteiger partial charge in [-0.05, 0) is 194 Å². The number of rotatable bonds is 14. The molecule has 0 aromatic heterocycles. The summed E-state index contributed by atoms with van der Waals surface area (Å²) >= 11 is 0. The maximum atomic E-state index is 13.8. The van der Waals surface area contributed by atoms with Gasteiger partial charge in [0, 0.05) is 52.4 Å². The van der Waals surface area contributed by atoms with E-state index in [1.54, 1.807) is 0 Å². The first-order valence-corrected chi connectivity index (χ1v) is 33.0. The molecule has 0 aliphatic rings. The van der Waals surface area contributed by atoms with Crippen molar-refractivity contribution in [3.05, 3.63) is 115 Å². The molecule has 0 saturated carbocycles. The third-order valence-corrected chi connectivity index (χ3v) is 14.7. The first-order valence-electron chi connectivity index (χ1n) is 33.0. The average molecular weight is 1400 g/mol. The summed E-state index contributed by atoms with van der Waals surface area (Å²) in [5, 5.41) is 55.0. The third kappa shape index (κ3) is 36.8. The maximum absolute atomic E-state index is 13.8. The first kappa shape index (κ1) is 96.0. The second kappa shape index (κ2) is 39.3. The van der Waals surface area contributed by atoms with Crippen LogP contribution in [0.15, 0.2) is 48.5 Å². The van der Waals surface area contributed by atoms with Crippen molar-refractivity contribution in [1.82, 2.24) is 19.6 Å². The molecule has 0 N–H and O–H groups in total. The van der Waals surface area contributed by atoms with Gasteiger partial charge in [0.1, 0.15) is 23.1 Å². The Morgan fingerprint density at radius 3 is 0.521 bits per heavy atom. The molecular formula is C80H132Co2N4O8. The molecule has 538 valence electrons. The van der Waals surface area contributed by atoms with Gasteiger partial charge in [0.05, 0.1) is 0 Å². The van der Waals surface area contributed by atoms with E-state index in [1.165, 1.54) is 77.6 Å². The molecule has 0 unspecified atom stereocenters. The van der Waals surface area contributed by atoms with Crippen LogP contribution in [0.1, 0.15) is 288 Å². The van der Waals surface area contributed by atoms with Crippen LogP contribution in [0.2, 0.25) is 0 Å². The Morgan fingerprint density at radius 1 is 0.277 bits per heavy atom. The Balaban J connectivity index is -0.000000687. The van der Waals surface area contributed by atoms with E-state index in [4.69, 9.17) is 0 Å². The van der Waals surface area contributed by atoms with Crippen molar-refractivity contribution in [2.24, 2.45) is 0 Å². The van der Waals surface area contributed by atoms with Gasteiger partial charge in [-0.2, -0.15) is 0 Å². The number of hydrogen-bond donors (Lipinski definition) is 0. The molecule has 14 heteroatoms. The van der Waals surface area contributed by atoms with Crippen molar-refractivity contribution in [2.75, 3.05) is 54.4 Å². The summed E-state index contributed by atoms with van der Waals surface area (Å²) in [5.41, 5.74) is 10.2. The predicted octanol–water partition coefficient (Wildman–Crippen LogP) is 15.6. The summed E-state index contributed by atoms with van der Waals surface area (Å²) in [6.45, 7) is 69.2. The van der Waals surface area contributed by atoms with Gasteiger partial charge in [-0.3, -0.25) is 9.80 Å². The zero-order chi connectivity index (χ0) is 73.2. The molecule has 0 saturated heterocycles. The molecule has 0 aliphatic carbocycles. The topological polar surface area (TPSA) is 173 Å². The molecule has 0 aliphatic heterocycles. The molecule has 0 spiro atoms. The van der Waals surface area contributed by atoms with Crippen LogP contribution in [0, 0.1) is 0 Å². The minimum absolute atomic E-state index is 0. The number of nitrogens with zero attached hydrogens (tertiary/aromatic N) is 4. The molecule has 4 aromatic rings. The van der Waals surface area contributed by atoms with Crippen molar-refractivity contribution in [3.8, 4) is 23.0 Å². The molecular weight excluding hydrogens is 1260 g/mol. The molecule has 2 radical (unpaired) electrons. The standard InChI is InChI=1S/2C34H56N2O2.4C3H6O.2Co/c2*1-31(2,3)25-17-23(29(37)27(19-25)33(7,8)9)21-36(16-15-35(13)14)22-24-18-26(32(4,5)6)20-28(30(24)38)34(10,11)12;4*1-3(2)4;;/h2*17-20,37-38H,15-16,21-22H2,1-14H3;4*1-2H3;;/q;;;;;;2*+2/p-4. The fourth-order valence-electron chi connectivity index (χ4n) is 9.26. The van der Waals surface area contributed by atoms with Crippen molar-refractivity contribution in [2.45, 2.75) is 291 Å². The number of carbonyl (C=O) groups excluding carboxylic acids is 4. The Labute approximate surface area is 596 Å². The molecule has 4 aromatic carbocycles. The van der Waals surface area contributed by atoms with Crippen LogP contribution in [0.4, 0.5) is 0 Å². The van der Waals surface area contributed by atoms with E-state index in [0.29, 0.717) is 26.2 Å². The Morgan fingerprint density at radius 2 is 0.415 bits per heavy atom. The number of ketones is 4. The number of Topliss-reactive ketones (excluding diaryl/α,β-unsaturated/α-hetero) is 4. The quantitative estimate of drug-likeness (QED) is 0.117. The second-order valence-corrected chi connectivity index (χ2v) is 34.7. The second-order valence-electron chi connectivity index (χ2n) is 34.7. The Bertz CT molecular complexity index is 2600. The largest absolute Gasteiger partial charge is 2.00 e. The fraction of sp³-hybridized carbons (Fsp3) is 0.650. The van der Waals surface area contributed by atoms with Gasteiger partial charge in [0.25, 0.3) is 0 Å². The molecule has 0 amide bonds. The number of likely N-dealkylation sites (N-methyl/N-ethyl adjacent to an activating group) is 2. The summed E-state index contributed by atoms with van der Waals surface area (Å²) in [6, 6.07) is 16.8. The van der Waals surface area contributed by atoms with Crippen LogP contribution in [0.3, 0.4) is 0 Å². The summed E-state index contributed by atoms with van der Waals surface area (Å²) in [6.07, 6.45) is 0. The van der Waals surface area contributed by atoms with E-state index >= 15 is 0 Å². The van der Waals surface area contributed by atoms with E-state index in [9.17, 15) is 39.6 Å². The van der Waals surface area contributed by atoms with Crippen LogP contribution >= 0.6 is 0 Å². The first-order chi connectivity index (χ1) is 41.0. The van der Waals surface area contributed by atoms with Crippen molar-refractivity contribution in [3.63, 3.8) is 0 Å². The summed E-state index contributed by atoms with van der Waals surface area (Å²) in [4.78, 5) is 46.7. The summed E-state index contributed by atoms with van der Waals surface area (Å²) in [7, 11) is 8.25. The van der Waals surface area contributed by atoms with Gasteiger partial charge in [0.15, 0.2) is 0 Å². The van der Waals surface area contributed by atoms with Gasteiger partial charge >= 0.3 is 33.6 Å². The van der Waals surface area contributed by atoms with E-state index in [-0.39, 0.29) is 123 Å². The Kier molecular flexibility index (Phi) is 40.1. The minimum Gasteiger partial charge on any atom is -0.872 e. The fourth-order valence-corrected chi connectivity index (χ4v) is 9.26. The van der Waals surface area contributed by atoms with E-state index in [0.717, 1.165) is 70.7 Å². The van der Waals surface area contributed by atoms with Gasteiger partial charge < -0.3 is 49.4 Å². The summed E-state index contributed by atoms with van der Waals surface area (Å²) in [5.74, 6) is 1.17. The zero-order valence-electron chi connectivity index (χ0n) is 66.0. The van der Waals surface area contributed by atoms with E-state index in [1.807, 2.05) is 0 Å². The molecule has 0 atom stereocenters. The van der Waals surface area contributed by atoms with E-state index < -0.39 is 0 Å². The SMILES string of the molecule is CC(C)=O.CC(C)=O.CC(C)=O.CC(C)=O.CN(C)CCN(Cc1cc(C(C)(C)C)cc(C(C)(C)C)c1[O-])Cc1cc(C(C)(C)C)cc(C(C)(C)C)c1[O-].CN(C)CCN(Cc1cc(C(C)(C)C)cc(C(C)(C)C)c1[O-])Cc1cc(C(C)(C)C)cc(C(C)(C)C)c1[O-].[Co+2].[Co+2]. The monoisotopic (exact) mass is 1390 g/mol.